The number of nitrogens with two attached hydrogens (primary N) is 1. The first-order valence-electron chi connectivity index (χ1n) is 4.34. The highest BCUT2D eigenvalue weighted by Crippen LogP contribution is 2.26. The van der Waals surface area contributed by atoms with E-state index in [9.17, 15) is 13.2 Å². The predicted molar refractivity (Wildman–Crippen MR) is 52.8 cm³/mol. The zero-order valence-corrected chi connectivity index (χ0v) is 8.58. The zero-order valence-electron chi connectivity index (χ0n) is 7.76. The highest BCUT2D eigenvalue weighted by molar-refractivity contribution is 7.84. The molecule has 0 heterocycles. The number of benzene rings is 1. The van der Waals surface area contributed by atoms with E-state index in [1.165, 1.54) is 12.1 Å². The lowest BCUT2D eigenvalue weighted by molar-refractivity contribution is 0.0994. The lowest BCUT2D eigenvalue weighted by Crippen LogP contribution is -2.19. The molecule has 1 aliphatic carbocycles. The third-order valence-electron chi connectivity index (χ3n) is 2.21. The maximum absolute atomic E-state index is 11.3. The second-order valence-electron chi connectivity index (χ2n) is 3.32. The minimum Gasteiger partial charge on any atom is -0.371 e. The van der Waals surface area contributed by atoms with Crippen molar-refractivity contribution in [2.75, 3.05) is 0 Å². The molecule has 5 nitrogen and oxygen atoms in total. The van der Waals surface area contributed by atoms with Gasteiger partial charge in [0.15, 0.2) is 5.78 Å². The Morgan fingerprint density at radius 2 is 2.00 bits per heavy atom. The molecule has 0 saturated heterocycles. The summed E-state index contributed by atoms with van der Waals surface area (Å²) in [5.74, 6) is 0.220. The van der Waals surface area contributed by atoms with Crippen molar-refractivity contribution < 1.29 is 17.4 Å². The van der Waals surface area contributed by atoms with Crippen LogP contribution in [0.1, 0.15) is 22.3 Å². The van der Waals surface area contributed by atoms with Gasteiger partial charge in [0.25, 0.3) is 0 Å². The summed E-state index contributed by atoms with van der Waals surface area (Å²) in [5.41, 5.74) is 1.44. The van der Waals surface area contributed by atoms with E-state index >= 15 is 0 Å². The Kier molecular flexibility index (Phi) is 2.24. The molecule has 80 valence electrons. The first kappa shape index (κ1) is 10.1. The Balaban J connectivity index is 2.35. The van der Waals surface area contributed by atoms with E-state index < -0.39 is 10.3 Å². The highest BCUT2D eigenvalue weighted by atomic mass is 32.2. The summed E-state index contributed by atoms with van der Waals surface area (Å²) in [6, 6.07) is 4.52. The molecule has 0 radical (unpaired) electrons. The van der Waals surface area contributed by atoms with Crippen LogP contribution in [0.5, 0.6) is 5.75 Å². The molecule has 0 fully saturated rings. The number of fused-ring (bicyclic) bond motifs is 1. The van der Waals surface area contributed by atoms with Gasteiger partial charge in [-0.2, -0.15) is 13.6 Å². The number of carbonyl (C=O) groups excluding carboxylic acids is 1. The van der Waals surface area contributed by atoms with Crippen molar-refractivity contribution in [1.29, 1.82) is 0 Å². The molecule has 0 aliphatic heterocycles. The van der Waals surface area contributed by atoms with E-state index in [4.69, 9.17) is 5.14 Å². The van der Waals surface area contributed by atoms with Gasteiger partial charge in [-0.05, 0) is 30.2 Å². The summed E-state index contributed by atoms with van der Waals surface area (Å²) in [6.45, 7) is 0. The Hall–Kier alpha value is -1.40. The fraction of sp³-hybridized carbons (Fsp3) is 0.222. The lowest BCUT2D eigenvalue weighted by atomic mass is 10.1. The molecule has 1 aliphatic rings. The number of hydrogen-bond donors (Lipinski definition) is 1. The molecule has 0 bridgehead atoms. The average molecular weight is 227 g/mol. The molecular formula is C9H9NO4S. The van der Waals surface area contributed by atoms with Crippen molar-refractivity contribution >= 4 is 16.1 Å². The molecule has 2 N–H and O–H groups in total. The molecule has 0 amide bonds. The monoisotopic (exact) mass is 227 g/mol. The summed E-state index contributed by atoms with van der Waals surface area (Å²) in [7, 11) is -3.99. The van der Waals surface area contributed by atoms with Crippen LogP contribution in [0, 0.1) is 0 Å². The number of hydrogen-bond acceptors (Lipinski definition) is 4. The van der Waals surface area contributed by atoms with Crippen molar-refractivity contribution in [3.63, 3.8) is 0 Å². The molecule has 15 heavy (non-hydrogen) atoms. The number of rotatable bonds is 2. The van der Waals surface area contributed by atoms with Crippen molar-refractivity contribution in [2.24, 2.45) is 5.14 Å². The number of carbonyl (C=O) groups is 1. The van der Waals surface area contributed by atoms with E-state index in [0.717, 1.165) is 5.56 Å². The van der Waals surface area contributed by atoms with Gasteiger partial charge >= 0.3 is 10.3 Å². The van der Waals surface area contributed by atoms with Crippen LogP contribution in [0.15, 0.2) is 18.2 Å². The molecule has 0 saturated carbocycles. The average Bonchev–Trinajstić information content (AvgIpc) is 2.45. The van der Waals surface area contributed by atoms with Gasteiger partial charge in [0.05, 0.1) is 0 Å². The lowest BCUT2D eigenvalue weighted by Gasteiger charge is -2.03. The first-order valence-corrected chi connectivity index (χ1v) is 5.81. The third kappa shape index (κ3) is 2.16. The maximum atomic E-state index is 11.3. The molecule has 2 rings (SSSR count). The number of Topliss-reactive ketones (excluding diaryl/α,β-unsaturated/α-hetero) is 1. The fourth-order valence-corrected chi connectivity index (χ4v) is 1.99. The van der Waals surface area contributed by atoms with Gasteiger partial charge in [0, 0.05) is 12.0 Å². The summed E-state index contributed by atoms with van der Waals surface area (Å²) in [6.07, 6.45) is 1.09. The van der Waals surface area contributed by atoms with Crippen LogP contribution < -0.4 is 9.32 Å². The van der Waals surface area contributed by atoms with Crippen LogP contribution in [0.2, 0.25) is 0 Å². The molecule has 0 spiro atoms. The largest absolute Gasteiger partial charge is 0.380 e. The Morgan fingerprint density at radius 1 is 1.27 bits per heavy atom. The van der Waals surface area contributed by atoms with Crippen molar-refractivity contribution in [3.8, 4) is 5.75 Å². The predicted octanol–water partition coefficient (Wildman–Crippen LogP) is 0.398. The van der Waals surface area contributed by atoms with Crippen molar-refractivity contribution in [3.05, 3.63) is 29.3 Å². The Bertz CT molecular complexity index is 521. The van der Waals surface area contributed by atoms with Crippen molar-refractivity contribution in [1.82, 2.24) is 0 Å². The van der Waals surface area contributed by atoms with Gasteiger partial charge in [-0.1, -0.05) is 0 Å². The molecule has 1 aromatic carbocycles. The Morgan fingerprint density at radius 3 is 2.67 bits per heavy atom. The van der Waals surface area contributed by atoms with Gasteiger partial charge in [-0.3, -0.25) is 4.79 Å². The molecule has 1 aromatic rings. The zero-order chi connectivity index (χ0) is 11.1. The molecule has 0 atom stereocenters. The second kappa shape index (κ2) is 3.32. The quantitative estimate of drug-likeness (QED) is 0.792. The van der Waals surface area contributed by atoms with Crippen LogP contribution in [0.3, 0.4) is 0 Å². The van der Waals surface area contributed by atoms with Crippen LogP contribution in [0.4, 0.5) is 0 Å². The summed E-state index contributed by atoms with van der Waals surface area (Å²) >= 11 is 0. The van der Waals surface area contributed by atoms with Gasteiger partial charge < -0.3 is 4.18 Å². The summed E-state index contributed by atoms with van der Waals surface area (Å²) in [5, 5.41) is 4.72. The SMILES string of the molecule is NS(=O)(=O)Oc1ccc2c(c1)CCC2=O. The van der Waals surface area contributed by atoms with E-state index in [1.54, 1.807) is 6.07 Å². The van der Waals surface area contributed by atoms with Gasteiger partial charge in [-0.25, -0.2) is 0 Å². The normalized spacial score (nSPS) is 15.1. The maximum Gasteiger partial charge on any atom is 0.380 e. The molecule has 6 heteroatoms. The van der Waals surface area contributed by atoms with E-state index in [-0.39, 0.29) is 11.5 Å². The topological polar surface area (TPSA) is 86.5 Å². The van der Waals surface area contributed by atoms with Crippen molar-refractivity contribution in [2.45, 2.75) is 12.8 Å². The minimum atomic E-state index is -3.99. The van der Waals surface area contributed by atoms with Crippen LogP contribution in [-0.4, -0.2) is 14.2 Å². The molecule has 0 aromatic heterocycles. The van der Waals surface area contributed by atoms with Crippen LogP contribution in [-0.2, 0) is 16.7 Å². The molecule has 0 unspecified atom stereocenters. The molecular weight excluding hydrogens is 218 g/mol. The summed E-state index contributed by atoms with van der Waals surface area (Å²) in [4.78, 5) is 11.3. The van der Waals surface area contributed by atoms with Crippen LogP contribution >= 0.6 is 0 Å². The van der Waals surface area contributed by atoms with Gasteiger partial charge in [0.1, 0.15) is 5.75 Å². The van der Waals surface area contributed by atoms with Gasteiger partial charge in [0.2, 0.25) is 0 Å². The second-order valence-corrected chi connectivity index (χ2v) is 4.47. The van der Waals surface area contributed by atoms with Gasteiger partial charge in [-0.15, -0.1) is 0 Å². The highest BCUT2D eigenvalue weighted by Gasteiger charge is 2.20. The van der Waals surface area contributed by atoms with E-state index in [1.807, 2.05) is 0 Å². The smallest absolute Gasteiger partial charge is 0.371 e. The minimum absolute atomic E-state index is 0.0761. The number of ketones is 1. The van der Waals surface area contributed by atoms with Crippen LogP contribution in [0.25, 0.3) is 0 Å². The third-order valence-corrected chi connectivity index (χ3v) is 2.64. The number of aryl methyl sites for hydroxylation is 1. The summed E-state index contributed by atoms with van der Waals surface area (Å²) < 4.78 is 25.8. The first-order chi connectivity index (χ1) is 6.96. The van der Waals surface area contributed by atoms with E-state index in [2.05, 4.69) is 4.18 Å². The standard InChI is InChI=1S/C9H9NO4S/c10-15(12,13)14-7-2-3-8-6(5-7)1-4-9(8)11/h2-3,5H,1,4H2,(H2,10,12,13). The van der Waals surface area contributed by atoms with E-state index in [0.29, 0.717) is 18.4 Å². The Labute approximate surface area is 87.1 Å². The fourth-order valence-electron chi connectivity index (χ4n) is 1.62.